The van der Waals surface area contributed by atoms with Crippen LogP contribution in [-0.4, -0.2) is 23.2 Å². The maximum atomic E-state index is 14.3. The van der Waals surface area contributed by atoms with Gasteiger partial charge in [-0.2, -0.15) is 13.2 Å². The van der Waals surface area contributed by atoms with Crippen molar-refractivity contribution in [2.24, 2.45) is 11.8 Å². The summed E-state index contributed by atoms with van der Waals surface area (Å²) in [6.45, 7) is 4.38. The summed E-state index contributed by atoms with van der Waals surface area (Å²) < 4.78 is 61.9. The number of alkyl halides is 3. The van der Waals surface area contributed by atoms with Crippen molar-refractivity contribution in [3.63, 3.8) is 0 Å². The summed E-state index contributed by atoms with van der Waals surface area (Å²) in [6, 6.07) is 6.49. The number of halogens is 4. The van der Waals surface area contributed by atoms with Crippen LogP contribution >= 0.6 is 11.3 Å². The second kappa shape index (κ2) is 10.2. The molecule has 4 nitrogen and oxygen atoms in total. The highest BCUT2D eigenvalue weighted by Gasteiger charge is 2.36. The van der Waals surface area contributed by atoms with E-state index in [9.17, 15) is 22.4 Å². The van der Waals surface area contributed by atoms with Crippen molar-refractivity contribution in [1.29, 1.82) is 0 Å². The molecule has 0 radical (unpaired) electrons. The number of nitrogens with zero attached hydrogens (tertiary/aromatic N) is 1. The lowest BCUT2D eigenvalue weighted by atomic mass is 9.74. The first kappa shape index (κ1) is 26.1. The Labute approximate surface area is 211 Å². The minimum Gasteiger partial charge on any atom is -0.496 e. The lowest BCUT2D eigenvalue weighted by molar-refractivity contribution is -0.137. The van der Waals surface area contributed by atoms with Gasteiger partial charge in [0.25, 0.3) is 0 Å². The molecule has 0 aliphatic heterocycles. The molecular weight excluding hydrogens is 494 g/mol. The normalized spacial score (nSPS) is 18.4. The van der Waals surface area contributed by atoms with E-state index in [0.29, 0.717) is 17.4 Å². The summed E-state index contributed by atoms with van der Waals surface area (Å²) in [5.74, 6) is -1.09. The Kier molecular flexibility index (Phi) is 7.41. The van der Waals surface area contributed by atoms with E-state index in [1.165, 1.54) is 24.6 Å². The molecule has 192 valence electrons. The van der Waals surface area contributed by atoms with E-state index in [1.54, 1.807) is 6.07 Å². The Morgan fingerprint density at radius 2 is 1.81 bits per heavy atom. The largest absolute Gasteiger partial charge is 0.496 e. The van der Waals surface area contributed by atoms with E-state index in [0.717, 1.165) is 49.2 Å². The van der Waals surface area contributed by atoms with E-state index < -0.39 is 29.1 Å². The Balaban J connectivity index is 1.69. The second-order valence-corrected chi connectivity index (χ2v) is 10.4. The number of carboxylic acids is 1. The van der Waals surface area contributed by atoms with Gasteiger partial charge in [0.05, 0.1) is 23.9 Å². The van der Waals surface area contributed by atoms with Gasteiger partial charge in [-0.15, -0.1) is 11.3 Å². The molecule has 0 unspecified atom stereocenters. The van der Waals surface area contributed by atoms with Crippen LogP contribution in [0.4, 0.5) is 17.6 Å². The minimum absolute atomic E-state index is 0.0417. The fourth-order valence-electron chi connectivity index (χ4n) is 4.96. The van der Waals surface area contributed by atoms with Gasteiger partial charge in [0.2, 0.25) is 0 Å². The maximum Gasteiger partial charge on any atom is 0.417 e. The number of aromatic carboxylic acids is 1. The van der Waals surface area contributed by atoms with Crippen LogP contribution in [-0.2, 0) is 6.18 Å². The monoisotopic (exact) mass is 521 g/mol. The van der Waals surface area contributed by atoms with Gasteiger partial charge in [0.1, 0.15) is 16.6 Å². The SMILES string of the molecule is COc1cc(C(=O)O)c(F)cc1-c1csc(-c2ccc(C3CCC(C(C)C)CC3)cc2C(F)(F)F)n1. The predicted molar refractivity (Wildman–Crippen MR) is 131 cm³/mol. The molecule has 0 amide bonds. The Morgan fingerprint density at radius 1 is 1.11 bits per heavy atom. The summed E-state index contributed by atoms with van der Waals surface area (Å²) in [4.78, 5) is 15.6. The van der Waals surface area contributed by atoms with Gasteiger partial charge in [0, 0.05) is 16.5 Å². The molecule has 1 heterocycles. The highest BCUT2D eigenvalue weighted by Crippen LogP contribution is 2.44. The molecule has 0 bridgehead atoms. The van der Waals surface area contributed by atoms with Crippen LogP contribution in [0.25, 0.3) is 21.8 Å². The minimum atomic E-state index is -4.57. The average Bonchev–Trinajstić information content (AvgIpc) is 3.33. The third-order valence-electron chi connectivity index (χ3n) is 7.07. The van der Waals surface area contributed by atoms with Crippen molar-refractivity contribution >= 4 is 17.3 Å². The number of rotatable bonds is 6. The molecule has 36 heavy (non-hydrogen) atoms. The first-order valence-electron chi connectivity index (χ1n) is 11.8. The molecule has 3 aromatic rings. The van der Waals surface area contributed by atoms with Crippen molar-refractivity contribution in [2.45, 2.75) is 51.6 Å². The molecule has 0 spiro atoms. The van der Waals surface area contributed by atoms with Gasteiger partial charge < -0.3 is 9.84 Å². The number of ether oxygens (including phenoxy) is 1. The molecule has 1 N–H and O–H groups in total. The molecule has 1 fully saturated rings. The zero-order chi connectivity index (χ0) is 26.2. The fraction of sp³-hybridized carbons (Fsp3) is 0.407. The summed E-state index contributed by atoms with van der Waals surface area (Å²) in [7, 11) is 1.30. The Bertz CT molecular complexity index is 1260. The molecule has 2 aromatic carbocycles. The Morgan fingerprint density at radius 3 is 2.39 bits per heavy atom. The van der Waals surface area contributed by atoms with Crippen LogP contribution in [0.5, 0.6) is 5.75 Å². The highest BCUT2D eigenvalue weighted by molar-refractivity contribution is 7.13. The van der Waals surface area contributed by atoms with Crippen molar-refractivity contribution < 1.29 is 32.2 Å². The third-order valence-corrected chi connectivity index (χ3v) is 7.94. The maximum absolute atomic E-state index is 14.3. The zero-order valence-electron chi connectivity index (χ0n) is 20.2. The van der Waals surface area contributed by atoms with Crippen LogP contribution in [0.1, 0.15) is 66.9 Å². The first-order chi connectivity index (χ1) is 17.0. The van der Waals surface area contributed by atoms with Crippen molar-refractivity contribution in [2.75, 3.05) is 7.11 Å². The van der Waals surface area contributed by atoms with E-state index in [4.69, 9.17) is 9.84 Å². The smallest absolute Gasteiger partial charge is 0.417 e. The quantitative estimate of drug-likeness (QED) is 0.332. The van der Waals surface area contributed by atoms with Crippen LogP contribution in [0.2, 0.25) is 0 Å². The van der Waals surface area contributed by atoms with Gasteiger partial charge in [-0.25, -0.2) is 14.2 Å². The van der Waals surface area contributed by atoms with Crippen molar-refractivity contribution in [3.8, 4) is 27.6 Å². The van der Waals surface area contributed by atoms with Gasteiger partial charge in [-0.1, -0.05) is 26.0 Å². The summed E-state index contributed by atoms with van der Waals surface area (Å²) in [5.41, 5.74) is -0.297. The number of carbonyl (C=O) groups is 1. The van der Waals surface area contributed by atoms with Crippen molar-refractivity contribution in [3.05, 3.63) is 58.2 Å². The highest BCUT2D eigenvalue weighted by atomic mass is 32.1. The van der Waals surface area contributed by atoms with Crippen molar-refractivity contribution in [1.82, 2.24) is 4.98 Å². The zero-order valence-corrected chi connectivity index (χ0v) is 21.0. The standard InChI is InChI=1S/C27H27F4NO3S/c1-14(2)15-4-6-16(7-5-15)17-8-9-18(21(10-17)27(29,30)31)25-32-23(13-36-25)20-11-22(28)19(26(33)34)12-24(20)35-3/h8-16H,4-7H2,1-3H3,(H,33,34). The molecule has 9 heteroatoms. The van der Waals surface area contributed by atoms with Crippen LogP contribution in [0.15, 0.2) is 35.7 Å². The molecule has 1 aliphatic rings. The van der Waals surface area contributed by atoms with Gasteiger partial charge in [0.15, 0.2) is 0 Å². The van der Waals surface area contributed by atoms with E-state index in [1.807, 2.05) is 0 Å². The van der Waals surface area contributed by atoms with Crippen LogP contribution in [0, 0.1) is 17.7 Å². The second-order valence-electron chi connectivity index (χ2n) is 9.53. The number of aromatic nitrogens is 1. The number of benzene rings is 2. The molecule has 1 aliphatic carbocycles. The van der Waals surface area contributed by atoms with Gasteiger partial charge in [-0.3, -0.25) is 0 Å². The molecule has 0 saturated heterocycles. The van der Waals surface area contributed by atoms with Crippen LogP contribution in [0.3, 0.4) is 0 Å². The van der Waals surface area contributed by atoms with E-state index in [2.05, 4.69) is 18.8 Å². The average molecular weight is 522 g/mol. The summed E-state index contributed by atoms with van der Waals surface area (Å²) in [6.07, 6.45) is -0.795. The number of thiazole rings is 1. The van der Waals surface area contributed by atoms with Crippen LogP contribution < -0.4 is 4.74 Å². The van der Waals surface area contributed by atoms with Gasteiger partial charge in [-0.05, 0) is 67.2 Å². The number of methoxy groups -OCH3 is 1. The number of hydrogen-bond acceptors (Lipinski definition) is 4. The molecule has 4 rings (SSSR count). The molecule has 1 saturated carbocycles. The van der Waals surface area contributed by atoms with E-state index >= 15 is 0 Å². The first-order valence-corrected chi connectivity index (χ1v) is 12.7. The third kappa shape index (κ3) is 5.26. The summed E-state index contributed by atoms with van der Waals surface area (Å²) >= 11 is 1.00. The lowest BCUT2D eigenvalue weighted by Crippen LogP contribution is -2.18. The molecule has 1 aromatic heterocycles. The van der Waals surface area contributed by atoms with E-state index in [-0.39, 0.29) is 33.5 Å². The van der Waals surface area contributed by atoms with Gasteiger partial charge >= 0.3 is 12.1 Å². The number of hydrogen-bond donors (Lipinski definition) is 1. The molecule has 0 atom stereocenters. The topological polar surface area (TPSA) is 59.4 Å². The molecular formula is C27H27F4NO3S. The Hall–Kier alpha value is -2.94. The summed E-state index contributed by atoms with van der Waals surface area (Å²) in [5, 5.41) is 10.8. The fourth-order valence-corrected chi connectivity index (χ4v) is 5.82. The predicted octanol–water partition coefficient (Wildman–Crippen LogP) is 8.27. The lowest BCUT2D eigenvalue weighted by Gasteiger charge is -2.31. The number of carboxylic acid groups (broad SMARTS) is 1.